The number of benzene rings is 1. The summed E-state index contributed by atoms with van der Waals surface area (Å²) < 4.78 is 5.49. The summed E-state index contributed by atoms with van der Waals surface area (Å²) in [5, 5.41) is 12.4. The molecule has 0 saturated heterocycles. The van der Waals surface area contributed by atoms with Gasteiger partial charge in [0.15, 0.2) is 0 Å². The summed E-state index contributed by atoms with van der Waals surface area (Å²) >= 11 is 0. The van der Waals surface area contributed by atoms with Gasteiger partial charge in [-0.05, 0) is 18.6 Å². The monoisotopic (exact) mass is 334 g/mol. The number of ether oxygens (including phenoxy) is 1. The molecule has 2 atom stereocenters. The van der Waals surface area contributed by atoms with E-state index in [0.29, 0.717) is 11.4 Å². The molecule has 25 heavy (non-hydrogen) atoms. The van der Waals surface area contributed by atoms with Crippen LogP contribution in [0.5, 0.6) is 5.75 Å². The highest BCUT2D eigenvalue weighted by Crippen LogP contribution is 2.48. The number of nitrogens with one attached hydrogen (secondary N) is 2. The molecule has 0 fully saturated rings. The largest absolute Gasteiger partial charge is 0.440 e. The third kappa shape index (κ3) is 2.11. The molecule has 0 bridgehead atoms. The lowest BCUT2D eigenvalue weighted by Gasteiger charge is -2.28. The quantitative estimate of drug-likeness (QED) is 0.731. The van der Waals surface area contributed by atoms with Crippen LogP contribution in [0.3, 0.4) is 0 Å². The number of nitriles is 1. The average Bonchev–Trinajstić information content (AvgIpc) is 2.88. The Balaban J connectivity index is 2.00. The second kappa shape index (κ2) is 5.24. The first kappa shape index (κ1) is 15.0. The standard InChI is InChI=1S/C18H14N4O3/c1-8-6-12-15(18(24)21-8)13(10(7-19)16(20)25-12)14-9-4-2-3-5-11(9)22-17(14)23/h2-6,13-14H,20H2,1H3,(H,21,24)(H,22,23)/t13-,14-/m0/s1. The van der Waals surface area contributed by atoms with Gasteiger partial charge in [-0.15, -0.1) is 0 Å². The molecule has 7 nitrogen and oxygen atoms in total. The highest BCUT2D eigenvalue weighted by atomic mass is 16.5. The predicted molar refractivity (Wildman–Crippen MR) is 89.8 cm³/mol. The van der Waals surface area contributed by atoms with Crippen LogP contribution in [-0.4, -0.2) is 10.9 Å². The number of carbonyl (C=O) groups is 1. The number of rotatable bonds is 1. The van der Waals surface area contributed by atoms with Gasteiger partial charge in [0.2, 0.25) is 11.8 Å². The van der Waals surface area contributed by atoms with Gasteiger partial charge in [0.25, 0.3) is 5.56 Å². The van der Waals surface area contributed by atoms with Gasteiger partial charge in [-0.3, -0.25) is 9.59 Å². The molecule has 7 heteroatoms. The molecular weight excluding hydrogens is 320 g/mol. The average molecular weight is 334 g/mol. The summed E-state index contributed by atoms with van der Waals surface area (Å²) in [5.74, 6) is -1.61. The molecule has 2 aliphatic heterocycles. The van der Waals surface area contributed by atoms with Crippen molar-refractivity contribution in [3.8, 4) is 11.8 Å². The Morgan fingerprint density at radius 3 is 2.76 bits per heavy atom. The molecule has 2 aromatic rings. The number of anilines is 1. The molecule has 1 aromatic carbocycles. The van der Waals surface area contributed by atoms with E-state index in [-0.39, 0.29) is 28.7 Å². The number of para-hydroxylation sites is 1. The normalized spacial score (nSPS) is 21.0. The summed E-state index contributed by atoms with van der Waals surface area (Å²) in [5.41, 5.74) is 7.86. The number of nitrogens with two attached hydrogens (primary N) is 1. The van der Waals surface area contributed by atoms with Crippen molar-refractivity contribution in [2.45, 2.75) is 18.8 Å². The second-order valence-electron chi connectivity index (χ2n) is 6.08. The second-order valence-corrected chi connectivity index (χ2v) is 6.08. The van der Waals surface area contributed by atoms with E-state index in [0.717, 1.165) is 5.56 Å². The third-order valence-electron chi connectivity index (χ3n) is 4.57. The van der Waals surface area contributed by atoms with Crippen molar-refractivity contribution in [2.24, 2.45) is 5.73 Å². The van der Waals surface area contributed by atoms with E-state index < -0.39 is 17.4 Å². The molecule has 4 rings (SSSR count). The van der Waals surface area contributed by atoms with Gasteiger partial charge < -0.3 is 20.8 Å². The maximum Gasteiger partial charge on any atom is 0.255 e. The number of nitrogens with zero attached hydrogens (tertiary/aromatic N) is 1. The molecule has 4 N–H and O–H groups in total. The maximum absolute atomic E-state index is 12.6. The number of aromatic amines is 1. The zero-order valence-electron chi connectivity index (χ0n) is 13.3. The molecule has 1 amide bonds. The van der Waals surface area contributed by atoms with Crippen molar-refractivity contribution in [3.63, 3.8) is 0 Å². The third-order valence-corrected chi connectivity index (χ3v) is 4.57. The van der Waals surface area contributed by atoms with Crippen LogP contribution in [0.15, 0.2) is 46.6 Å². The van der Waals surface area contributed by atoms with Gasteiger partial charge in [0.05, 0.1) is 17.1 Å². The number of pyridine rings is 1. The minimum Gasteiger partial charge on any atom is -0.440 e. The number of H-pyrrole nitrogens is 1. The number of allylic oxidation sites excluding steroid dienone is 1. The van der Waals surface area contributed by atoms with Crippen molar-refractivity contribution in [1.82, 2.24) is 4.98 Å². The summed E-state index contributed by atoms with van der Waals surface area (Å²) in [6.07, 6.45) is 0. The van der Waals surface area contributed by atoms with Gasteiger partial charge in [0, 0.05) is 23.4 Å². The number of carbonyl (C=O) groups excluding carboxylic acids is 1. The lowest BCUT2D eigenvalue weighted by molar-refractivity contribution is -0.117. The fourth-order valence-electron chi connectivity index (χ4n) is 3.54. The minimum atomic E-state index is -0.804. The lowest BCUT2D eigenvalue weighted by Crippen LogP contribution is -2.32. The van der Waals surface area contributed by atoms with Gasteiger partial charge >= 0.3 is 0 Å². The number of aryl methyl sites for hydroxylation is 1. The van der Waals surface area contributed by atoms with Crippen LogP contribution in [0.1, 0.15) is 28.7 Å². The first-order valence-electron chi connectivity index (χ1n) is 7.72. The topological polar surface area (TPSA) is 121 Å². The lowest BCUT2D eigenvalue weighted by atomic mass is 9.77. The van der Waals surface area contributed by atoms with Gasteiger partial charge in [-0.2, -0.15) is 5.26 Å². The molecule has 0 radical (unpaired) electrons. The zero-order chi connectivity index (χ0) is 17.7. The highest BCUT2D eigenvalue weighted by Gasteiger charge is 2.45. The van der Waals surface area contributed by atoms with E-state index in [4.69, 9.17) is 10.5 Å². The van der Waals surface area contributed by atoms with Crippen LogP contribution in [0.25, 0.3) is 0 Å². The molecule has 0 saturated carbocycles. The van der Waals surface area contributed by atoms with Crippen LogP contribution in [-0.2, 0) is 4.79 Å². The van der Waals surface area contributed by atoms with Crippen molar-refractivity contribution in [1.29, 1.82) is 5.26 Å². The first-order chi connectivity index (χ1) is 12.0. The number of amides is 1. The molecule has 124 valence electrons. The summed E-state index contributed by atoms with van der Waals surface area (Å²) in [6.45, 7) is 1.72. The fraction of sp³-hybridized carbons (Fsp3) is 0.167. The molecular formula is C18H14N4O3. The van der Waals surface area contributed by atoms with Crippen molar-refractivity contribution in [3.05, 3.63) is 69.0 Å². The van der Waals surface area contributed by atoms with Gasteiger partial charge in [0.1, 0.15) is 11.8 Å². The Morgan fingerprint density at radius 1 is 1.24 bits per heavy atom. The molecule has 1 aromatic heterocycles. The molecule has 0 unspecified atom stereocenters. The van der Waals surface area contributed by atoms with E-state index in [1.165, 1.54) is 0 Å². The molecule has 2 aliphatic rings. The summed E-state index contributed by atoms with van der Waals surface area (Å²) in [4.78, 5) is 28.0. The highest BCUT2D eigenvalue weighted by molar-refractivity contribution is 6.04. The Kier molecular flexibility index (Phi) is 3.15. The SMILES string of the molecule is Cc1cc2c(c(=O)[nH]1)[C@H]([C@H]1C(=O)Nc3ccccc31)C(C#N)=C(N)O2. The van der Waals surface area contributed by atoms with Gasteiger partial charge in [-0.25, -0.2) is 0 Å². The Bertz CT molecular complexity index is 1050. The molecule has 0 aliphatic carbocycles. The minimum absolute atomic E-state index is 0.0813. The van der Waals surface area contributed by atoms with Crippen LogP contribution in [0.4, 0.5) is 5.69 Å². The first-order valence-corrected chi connectivity index (χ1v) is 7.72. The Labute approximate surface area is 142 Å². The van der Waals surface area contributed by atoms with Crippen molar-refractivity contribution in [2.75, 3.05) is 5.32 Å². The van der Waals surface area contributed by atoms with Crippen LogP contribution in [0, 0.1) is 18.3 Å². The fourth-order valence-corrected chi connectivity index (χ4v) is 3.54. The maximum atomic E-state index is 12.6. The van der Waals surface area contributed by atoms with E-state index in [1.54, 1.807) is 25.1 Å². The summed E-state index contributed by atoms with van der Waals surface area (Å²) in [7, 11) is 0. The van der Waals surface area contributed by atoms with Gasteiger partial charge in [-0.1, -0.05) is 18.2 Å². The van der Waals surface area contributed by atoms with Crippen LogP contribution >= 0.6 is 0 Å². The summed E-state index contributed by atoms with van der Waals surface area (Å²) in [6, 6.07) is 10.9. The molecule has 0 spiro atoms. The van der Waals surface area contributed by atoms with E-state index in [9.17, 15) is 14.9 Å². The number of fused-ring (bicyclic) bond motifs is 2. The molecule has 3 heterocycles. The predicted octanol–water partition coefficient (Wildman–Crippen LogP) is 1.59. The van der Waals surface area contributed by atoms with Crippen molar-refractivity contribution >= 4 is 11.6 Å². The van der Waals surface area contributed by atoms with Crippen LogP contribution in [0.2, 0.25) is 0 Å². The number of hydrogen-bond acceptors (Lipinski definition) is 5. The van der Waals surface area contributed by atoms with Crippen molar-refractivity contribution < 1.29 is 9.53 Å². The smallest absolute Gasteiger partial charge is 0.255 e. The Hall–Kier alpha value is -3.53. The Morgan fingerprint density at radius 2 is 2.00 bits per heavy atom. The number of hydrogen-bond donors (Lipinski definition) is 3. The van der Waals surface area contributed by atoms with E-state index in [2.05, 4.69) is 10.3 Å². The van der Waals surface area contributed by atoms with Crippen LogP contribution < -0.4 is 21.3 Å². The van der Waals surface area contributed by atoms with E-state index in [1.807, 2.05) is 18.2 Å². The number of aromatic nitrogens is 1. The van der Waals surface area contributed by atoms with E-state index >= 15 is 0 Å². The zero-order valence-corrected chi connectivity index (χ0v) is 13.3.